The number of hydrogen-bond acceptors (Lipinski definition) is 5. The van der Waals surface area contributed by atoms with Gasteiger partial charge >= 0.3 is 0 Å². The molecule has 0 N–H and O–H groups in total. The lowest BCUT2D eigenvalue weighted by molar-refractivity contribution is 0.0734. The van der Waals surface area contributed by atoms with Crippen LogP contribution in [0, 0.1) is 12.7 Å². The number of carbonyl (C=O) groups is 1. The minimum absolute atomic E-state index is 0.0264. The predicted octanol–water partition coefficient (Wildman–Crippen LogP) is 2.92. The Balaban J connectivity index is 1.47. The quantitative estimate of drug-likeness (QED) is 0.708. The molecule has 1 amide bonds. The molecule has 136 valence electrons. The minimum Gasteiger partial charge on any atom is -0.345 e. The summed E-state index contributed by atoms with van der Waals surface area (Å²) in [5.41, 5.74) is 2.32. The van der Waals surface area contributed by atoms with E-state index < -0.39 is 0 Å². The summed E-state index contributed by atoms with van der Waals surface area (Å²) < 4.78 is 16.0. The number of fused-ring (bicyclic) bond motifs is 1. The Hall–Kier alpha value is -2.48. The highest BCUT2D eigenvalue weighted by Gasteiger charge is 2.26. The van der Waals surface area contributed by atoms with Crippen molar-refractivity contribution < 1.29 is 9.18 Å². The Morgan fingerprint density at radius 1 is 1.23 bits per heavy atom. The van der Waals surface area contributed by atoms with Crippen LogP contribution in [0.1, 0.15) is 23.1 Å². The maximum atomic E-state index is 13.4. The number of carbonyl (C=O) groups excluding carboxylic acids is 1. The molecular weight excluding hydrogens is 353 g/mol. The number of thiazole rings is 1. The Bertz CT molecular complexity index is 958. The lowest BCUT2D eigenvalue weighted by atomic mass is 10.2. The van der Waals surface area contributed by atoms with E-state index in [-0.39, 0.29) is 11.7 Å². The average molecular weight is 373 g/mol. The number of aryl methyl sites for hydroxylation is 2. The fourth-order valence-electron chi connectivity index (χ4n) is 3.24. The van der Waals surface area contributed by atoms with Crippen molar-refractivity contribution >= 4 is 32.6 Å². The van der Waals surface area contributed by atoms with Gasteiger partial charge in [-0.2, -0.15) is 5.10 Å². The number of aromatic nitrogens is 3. The number of anilines is 1. The van der Waals surface area contributed by atoms with Gasteiger partial charge in [0.25, 0.3) is 5.91 Å². The van der Waals surface area contributed by atoms with Crippen LogP contribution < -0.4 is 4.90 Å². The second-order valence-electron chi connectivity index (χ2n) is 6.37. The van der Waals surface area contributed by atoms with Crippen LogP contribution in [-0.2, 0) is 6.54 Å². The highest BCUT2D eigenvalue weighted by molar-refractivity contribution is 7.22. The third-order valence-electron chi connectivity index (χ3n) is 4.60. The van der Waals surface area contributed by atoms with Crippen LogP contribution in [-0.4, -0.2) is 51.8 Å². The third kappa shape index (κ3) is 3.05. The van der Waals surface area contributed by atoms with Crippen molar-refractivity contribution in [1.29, 1.82) is 0 Å². The van der Waals surface area contributed by atoms with E-state index in [1.54, 1.807) is 10.7 Å². The van der Waals surface area contributed by atoms with Gasteiger partial charge in [0.15, 0.2) is 5.13 Å². The Morgan fingerprint density at radius 3 is 2.73 bits per heavy atom. The topological polar surface area (TPSA) is 54.3 Å². The minimum atomic E-state index is -0.244. The first-order valence-electron chi connectivity index (χ1n) is 8.70. The molecule has 26 heavy (non-hydrogen) atoms. The molecule has 0 radical (unpaired) electrons. The van der Waals surface area contributed by atoms with Gasteiger partial charge in [-0.05, 0) is 38.1 Å². The molecule has 1 aliphatic heterocycles. The average Bonchev–Trinajstić information content (AvgIpc) is 3.24. The monoisotopic (exact) mass is 373 g/mol. The zero-order valence-corrected chi connectivity index (χ0v) is 15.6. The van der Waals surface area contributed by atoms with Crippen molar-refractivity contribution in [3.63, 3.8) is 0 Å². The molecule has 8 heteroatoms. The molecule has 3 heterocycles. The number of hydrogen-bond donors (Lipinski definition) is 0. The van der Waals surface area contributed by atoms with Gasteiger partial charge in [0.05, 0.1) is 15.9 Å². The lowest BCUT2D eigenvalue weighted by Gasteiger charge is -2.34. The molecule has 0 saturated carbocycles. The Morgan fingerprint density at radius 2 is 2.00 bits per heavy atom. The van der Waals surface area contributed by atoms with Crippen molar-refractivity contribution in [3.05, 3.63) is 41.5 Å². The molecular formula is C18H20FN5OS. The second-order valence-corrected chi connectivity index (χ2v) is 7.38. The first-order chi connectivity index (χ1) is 12.5. The predicted molar refractivity (Wildman–Crippen MR) is 100 cm³/mol. The van der Waals surface area contributed by atoms with Crippen LogP contribution in [0.25, 0.3) is 10.2 Å². The number of nitrogens with zero attached hydrogens (tertiary/aromatic N) is 5. The molecule has 1 aromatic carbocycles. The van der Waals surface area contributed by atoms with Crippen LogP contribution in [0.2, 0.25) is 0 Å². The molecule has 3 aromatic rings. The van der Waals surface area contributed by atoms with Crippen LogP contribution >= 0.6 is 11.3 Å². The SMILES string of the molecule is CCn1nc(C)cc1C(=O)N1CCN(c2nc3ccc(F)cc3s2)CC1. The van der Waals surface area contributed by atoms with E-state index in [1.165, 1.54) is 23.5 Å². The molecule has 1 fully saturated rings. The van der Waals surface area contributed by atoms with Gasteiger partial charge in [-0.15, -0.1) is 0 Å². The summed E-state index contributed by atoms with van der Waals surface area (Å²) in [4.78, 5) is 21.4. The van der Waals surface area contributed by atoms with Crippen molar-refractivity contribution in [2.45, 2.75) is 20.4 Å². The summed E-state index contributed by atoms with van der Waals surface area (Å²) in [6, 6.07) is 6.50. The van der Waals surface area contributed by atoms with Crippen molar-refractivity contribution in [3.8, 4) is 0 Å². The third-order valence-corrected chi connectivity index (χ3v) is 5.68. The molecule has 6 nitrogen and oxygen atoms in total. The van der Waals surface area contributed by atoms with Crippen LogP contribution in [0.4, 0.5) is 9.52 Å². The van der Waals surface area contributed by atoms with Gasteiger partial charge in [-0.1, -0.05) is 11.3 Å². The first kappa shape index (κ1) is 17.0. The van der Waals surface area contributed by atoms with Crippen LogP contribution in [0.3, 0.4) is 0 Å². The van der Waals surface area contributed by atoms with Crippen LogP contribution in [0.5, 0.6) is 0 Å². The van der Waals surface area contributed by atoms with E-state index in [1.807, 2.05) is 24.8 Å². The maximum absolute atomic E-state index is 13.4. The molecule has 0 atom stereocenters. The molecule has 1 aliphatic rings. The fraction of sp³-hybridized carbons (Fsp3) is 0.389. The van der Waals surface area contributed by atoms with Gasteiger partial charge in [0.2, 0.25) is 0 Å². The van der Waals surface area contributed by atoms with Gasteiger partial charge < -0.3 is 9.80 Å². The molecule has 1 saturated heterocycles. The summed E-state index contributed by atoms with van der Waals surface area (Å²) in [6.07, 6.45) is 0. The van der Waals surface area contributed by atoms with Gasteiger partial charge in [-0.25, -0.2) is 9.37 Å². The number of piperazine rings is 1. The summed E-state index contributed by atoms with van der Waals surface area (Å²) in [5.74, 6) is -0.218. The van der Waals surface area contributed by atoms with E-state index in [4.69, 9.17) is 0 Å². The highest BCUT2D eigenvalue weighted by atomic mass is 32.1. The van der Waals surface area contributed by atoms with Crippen LogP contribution in [0.15, 0.2) is 24.3 Å². The lowest BCUT2D eigenvalue weighted by Crippen LogP contribution is -2.49. The summed E-state index contributed by atoms with van der Waals surface area (Å²) in [6.45, 7) is 7.26. The Labute approximate surface area is 154 Å². The molecule has 4 rings (SSSR count). The molecule has 0 spiro atoms. The molecule has 0 aliphatic carbocycles. The number of benzene rings is 1. The van der Waals surface area contributed by atoms with Gasteiger partial charge in [-0.3, -0.25) is 9.48 Å². The normalized spacial score (nSPS) is 15.0. The smallest absolute Gasteiger partial charge is 0.272 e. The summed E-state index contributed by atoms with van der Waals surface area (Å²) in [7, 11) is 0. The van der Waals surface area contributed by atoms with Gasteiger partial charge in [0.1, 0.15) is 11.5 Å². The van der Waals surface area contributed by atoms with Gasteiger partial charge in [0, 0.05) is 32.7 Å². The number of rotatable bonds is 3. The summed E-state index contributed by atoms with van der Waals surface area (Å²) in [5, 5.41) is 5.24. The molecule has 2 aromatic heterocycles. The molecule has 0 unspecified atom stereocenters. The maximum Gasteiger partial charge on any atom is 0.272 e. The van der Waals surface area contributed by atoms with Crippen molar-refractivity contribution in [2.75, 3.05) is 31.1 Å². The second kappa shape index (κ2) is 6.68. The van der Waals surface area contributed by atoms with E-state index >= 15 is 0 Å². The zero-order valence-electron chi connectivity index (χ0n) is 14.8. The van der Waals surface area contributed by atoms with E-state index in [2.05, 4.69) is 15.0 Å². The van der Waals surface area contributed by atoms with Crippen molar-refractivity contribution in [2.24, 2.45) is 0 Å². The number of halogens is 1. The number of amides is 1. The standard InChI is InChI=1S/C18H20FN5OS/c1-3-24-15(10-12(2)21-24)17(25)22-6-8-23(9-7-22)18-20-14-5-4-13(19)11-16(14)26-18/h4-5,10-11H,3,6-9H2,1-2H3. The zero-order chi connectivity index (χ0) is 18.3. The largest absolute Gasteiger partial charge is 0.345 e. The molecule has 0 bridgehead atoms. The first-order valence-corrected chi connectivity index (χ1v) is 9.51. The van der Waals surface area contributed by atoms with E-state index in [0.29, 0.717) is 38.4 Å². The highest BCUT2D eigenvalue weighted by Crippen LogP contribution is 2.30. The van der Waals surface area contributed by atoms with E-state index in [9.17, 15) is 9.18 Å². The van der Waals surface area contributed by atoms with Crippen molar-refractivity contribution in [1.82, 2.24) is 19.7 Å². The Kier molecular flexibility index (Phi) is 4.36. The van der Waals surface area contributed by atoms with E-state index in [0.717, 1.165) is 21.0 Å². The summed E-state index contributed by atoms with van der Waals surface area (Å²) >= 11 is 1.49. The fourth-order valence-corrected chi connectivity index (χ4v) is 4.29.